The number of carboxylic acids is 1. The smallest absolute Gasteiger partial charge is 0.416 e. The number of aliphatic hydroxyl groups is 1. The number of likely N-dealkylation sites (tertiary alicyclic amines) is 1. The molecule has 2 aliphatic heterocycles. The van der Waals surface area contributed by atoms with Gasteiger partial charge in [-0.25, -0.2) is 0 Å². The van der Waals surface area contributed by atoms with Gasteiger partial charge in [0.15, 0.2) is 0 Å². The summed E-state index contributed by atoms with van der Waals surface area (Å²) in [4.78, 5) is 13.1. The summed E-state index contributed by atoms with van der Waals surface area (Å²) >= 11 is 0. The van der Waals surface area contributed by atoms with Gasteiger partial charge in [0, 0.05) is 19.1 Å². The van der Waals surface area contributed by atoms with Gasteiger partial charge in [-0.15, -0.1) is 0 Å². The number of nitrogens with zero attached hydrogens (tertiary/aromatic N) is 1. The van der Waals surface area contributed by atoms with E-state index in [1.807, 2.05) is 0 Å². The van der Waals surface area contributed by atoms with Gasteiger partial charge in [0.2, 0.25) is 0 Å². The fourth-order valence-corrected chi connectivity index (χ4v) is 5.67. The lowest BCUT2D eigenvalue weighted by Gasteiger charge is -2.47. The van der Waals surface area contributed by atoms with E-state index >= 15 is 0 Å². The summed E-state index contributed by atoms with van der Waals surface area (Å²) in [5, 5.41) is 19.7. The molecule has 5 nitrogen and oxygen atoms in total. The van der Waals surface area contributed by atoms with E-state index < -0.39 is 53.1 Å². The molecule has 39 heavy (non-hydrogen) atoms. The van der Waals surface area contributed by atoms with Crippen LogP contribution in [0.2, 0.25) is 0 Å². The van der Waals surface area contributed by atoms with Crippen LogP contribution < -0.4 is 4.74 Å². The Balaban J connectivity index is 1.55. The van der Waals surface area contributed by atoms with Crippen molar-refractivity contribution in [3.8, 4) is 5.75 Å². The molecular formula is C28H31F6NO4. The normalized spacial score (nSPS) is 20.1. The number of carboxylic acid groups (broad SMARTS) is 1. The van der Waals surface area contributed by atoms with Crippen LogP contribution in [0.25, 0.3) is 0 Å². The molecule has 3 atom stereocenters. The van der Waals surface area contributed by atoms with Crippen molar-refractivity contribution in [2.75, 3.05) is 13.1 Å². The highest BCUT2D eigenvalue weighted by atomic mass is 19.4. The van der Waals surface area contributed by atoms with Crippen molar-refractivity contribution in [2.45, 2.75) is 76.1 Å². The predicted molar refractivity (Wildman–Crippen MR) is 130 cm³/mol. The lowest BCUT2D eigenvalue weighted by atomic mass is 9.81. The number of halogens is 6. The maximum atomic E-state index is 13.8. The Labute approximate surface area is 222 Å². The second-order valence-electron chi connectivity index (χ2n) is 10.5. The van der Waals surface area contributed by atoms with Gasteiger partial charge in [0.25, 0.3) is 0 Å². The van der Waals surface area contributed by atoms with E-state index in [9.17, 15) is 41.4 Å². The monoisotopic (exact) mass is 559 g/mol. The molecule has 11 heteroatoms. The number of hydrogen-bond acceptors (Lipinski definition) is 4. The Bertz CT molecular complexity index is 1200. The topological polar surface area (TPSA) is 70.0 Å². The Morgan fingerprint density at radius 2 is 1.69 bits per heavy atom. The minimum absolute atomic E-state index is 0.199. The summed E-state index contributed by atoms with van der Waals surface area (Å²) < 4.78 is 87.8. The number of carbonyl (C=O) groups is 1. The van der Waals surface area contributed by atoms with Crippen molar-refractivity contribution in [1.82, 2.24) is 4.90 Å². The lowest BCUT2D eigenvalue weighted by Crippen LogP contribution is -2.50. The van der Waals surface area contributed by atoms with Crippen molar-refractivity contribution in [3.05, 3.63) is 64.2 Å². The molecule has 2 N–H and O–H groups in total. The summed E-state index contributed by atoms with van der Waals surface area (Å²) in [5.41, 5.74) is -1.84. The van der Waals surface area contributed by atoms with Crippen LogP contribution in [-0.4, -0.2) is 39.8 Å². The second kappa shape index (κ2) is 10.6. The molecule has 1 saturated heterocycles. The Kier molecular flexibility index (Phi) is 7.97. The summed E-state index contributed by atoms with van der Waals surface area (Å²) in [6, 6.07) is 5.87. The number of aliphatic carboxylic acids is 1. The number of piperidine rings is 1. The van der Waals surface area contributed by atoms with Crippen molar-refractivity contribution >= 4 is 5.97 Å². The van der Waals surface area contributed by atoms with Crippen LogP contribution in [0.1, 0.15) is 79.5 Å². The van der Waals surface area contributed by atoms with E-state index in [0.717, 1.165) is 5.56 Å². The summed E-state index contributed by atoms with van der Waals surface area (Å²) in [7, 11) is 0. The van der Waals surface area contributed by atoms with Crippen LogP contribution >= 0.6 is 0 Å². The molecule has 2 aromatic carbocycles. The minimum atomic E-state index is -4.79. The number of benzene rings is 2. The predicted octanol–water partition coefficient (Wildman–Crippen LogP) is 6.79. The van der Waals surface area contributed by atoms with Crippen LogP contribution in [0.4, 0.5) is 26.3 Å². The fourth-order valence-electron chi connectivity index (χ4n) is 5.67. The average Bonchev–Trinajstić information content (AvgIpc) is 2.87. The first-order valence-corrected chi connectivity index (χ1v) is 12.9. The van der Waals surface area contributed by atoms with Gasteiger partial charge in [-0.3, -0.25) is 9.69 Å². The van der Waals surface area contributed by atoms with Crippen LogP contribution in [-0.2, 0) is 23.6 Å². The van der Waals surface area contributed by atoms with Crippen LogP contribution in [0.15, 0.2) is 36.4 Å². The average molecular weight is 560 g/mol. The Hall–Kier alpha value is -2.79. The van der Waals surface area contributed by atoms with Gasteiger partial charge in [-0.05, 0) is 80.0 Å². The fraction of sp³-hybridized carbons (Fsp3) is 0.536. The summed E-state index contributed by atoms with van der Waals surface area (Å²) in [6.07, 6.45) is -8.33. The van der Waals surface area contributed by atoms with Gasteiger partial charge >= 0.3 is 18.3 Å². The highest BCUT2D eigenvalue weighted by Crippen LogP contribution is 2.45. The van der Waals surface area contributed by atoms with Crippen molar-refractivity contribution in [3.63, 3.8) is 0 Å². The second-order valence-corrected chi connectivity index (χ2v) is 10.5. The molecule has 0 unspecified atom stereocenters. The zero-order valence-corrected chi connectivity index (χ0v) is 21.6. The molecule has 214 valence electrons. The maximum absolute atomic E-state index is 13.8. The molecule has 0 aliphatic carbocycles. The summed E-state index contributed by atoms with van der Waals surface area (Å²) in [5.74, 6) is -1.62. The molecule has 0 radical (unpaired) electrons. The number of alkyl halides is 6. The number of aryl methyl sites for hydroxylation is 1. The number of aliphatic hydroxyl groups excluding tert-OH is 1. The zero-order chi connectivity index (χ0) is 28.8. The van der Waals surface area contributed by atoms with Gasteiger partial charge in [0.1, 0.15) is 11.4 Å². The number of rotatable bonds is 6. The molecule has 2 heterocycles. The Morgan fingerprint density at radius 3 is 2.26 bits per heavy atom. The molecule has 1 spiro atoms. The zero-order valence-electron chi connectivity index (χ0n) is 21.6. The van der Waals surface area contributed by atoms with E-state index in [1.54, 1.807) is 30.0 Å². The van der Waals surface area contributed by atoms with Gasteiger partial charge in [-0.2, -0.15) is 26.3 Å². The third-order valence-corrected chi connectivity index (χ3v) is 8.05. The molecule has 2 aliphatic rings. The van der Waals surface area contributed by atoms with E-state index in [0.29, 0.717) is 68.3 Å². The largest absolute Gasteiger partial charge is 0.487 e. The van der Waals surface area contributed by atoms with Gasteiger partial charge < -0.3 is 14.9 Å². The molecule has 2 aromatic rings. The maximum Gasteiger partial charge on any atom is 0.416 e. The van der Waals surface area contributed by atoms with Gasteiger partial charge in [-0.1, -0.05) is 19.1 Å². The van der Waals surface area contributed by atoms with E-state index in [1.165, 1.54) is 6.92 Å². The molecule has 4 rings (SSSR count). The SMILES string of the molecule is CC[C@H](c1cc(C(F)(F)F)ccc1C(F)(F)F)N1CCC2(CCc3ccc([C@H](O)[C@H](C)C(=O)O)cc3O2)CC1. The van der Waals surface area contributed by atoms with Gasteiger partial charge in [0.05, 0.1) is 23.1 Å². The van der Waals surface area contributed by atoms with Crippen LogP contribution in [0.5, 0.6) is 5.75 Å². The quantitative estimate of drug-likeness (QED) is 0.382. The third kappa shape index (κ3) is 6.04. The Morgan fingerprint density at radius 1 is 1.03 bits per heavy atom. The van der Waals surface area contributed by atoms with E-state index in [4.69, 9.17) is 4.74 Å². The van der Waals surface area contributed by atoms with Crippen LogP contribution in [0.3, 0.4) is 0 Å². The standard InChI is InChI=1S/C28H31F6NO4/c1-3-22(20-15-19(27(29,30)31)6-7-21(20)28(32,33)34)35-12-10-26(11-13-35)9-8-17-4-5-18(14-23(17)39-26)24(36)16(2)25(37)38/h4-7,14-16,22,24,36H,3,8-13H2,1-2H3,(H,37,38)/t16-,22+,24+/m0/s1. The first-order chi connectivity index (χ1) is 18.1. The summed E-state index contributed by atoms with van der Waals surface area (Å²) in [6.45, 7) is 3.73. The van der Waals surface area contributed by atoms with E-state index in [2.05, 4.69) is 0 Å². The first kappa shape index (κ1) is 29.2. The van der Waals surface area contributed by atoms with Crippen LogP contribution in [0, 0.1) is 5.92 Å². The molecular weight excluding hydrogens is 528 g/mol. The third-order valence-electron chi connectivity index (χ3n) is 8.05. The number of ether oxygens (including phenoxy) is 1. The number of fused-ring (bicyclic) bond motifs is 1. The first-order valence-electron chi connectivity index (χ1n) is 12.9. The molecule has 0 amide bonds. The van der Waals surface area contributed by atoms with Crippen molar-refractivity contribution in [2.24, 2.45) is 5.92 Å². The molecule has 0 bridgehead atoms. The molecule has 1 fully saturated rings. The highest BCUT2D eigenvalue weighted by Gasteiger charge is 2.43. The molecule has 0 aromatic heterocycles. The van der Waals surface area contributed by atoms with Crippen molar-refractivity contribution < 1.29 is 46.1 Å². The minimum Gasteiger partial charge on any atom is -0.487 e. The van der Waals surface area contributed by atoms with Crippen molar-refractivity contribution in [1.29, 1.82) is 0 Å². The van der Waals surface area contributed by atoms with E-state index in [-0.39, 0.29) is 12.0 Å². The lowest BCUT2D eigenvalue weighted by molar-refractivity contribution is -0.145. The molecule has 0 saturated carbocycles. The highest BCUT2D eigenvalue weighted by molar-refractivity contribution is 5.70. The number of hydrogen-bond donors (Lipinski definition) is 2.